The fourth-order valence-corrected chi connectivity index (χ4v) is 3.46. The lowest BCUT2D eigenvalue weighted by Gasteiger charge is -2.32. The predicted octanol–water partition coefficient (Wildman–Crippen LogP) is 1.79. The van der Waals surface area contributed by atoms with Crippen LogP contribution in [0.1, 0.15) is 19.4 Å². The number of benzene rings is 1. The zero-order valence-corrected chi connectivity index (χ0v) is 13.0. The Morgan fingerprint density at radius 1 is 1.38 bits per heavy atom. The predicted molar refractivity (Wildman–Crippen MR) is 82.8 cm³/mol. The molecular formula is C16H20ClN2O2+. The summed E-state index contributed by atoms with van der Waals surface area (Å²) < 4.78 is 5.76. The first-order chi connectivity index (χ1) is 10.0. The SMILES string of the molecule is C[C@@H]1C[NH+](Cc2cc(Cl)c3cccnc3c2O)C[C@@H](C)O1. The first kappa shape index (κ1) is 14.6. The Bertz CT molecular complexity index is 652. The van der Waals surface area contributed by atoms with E-state index in [1.807, 2.05) is 18.2 Å². The Labute approximate surface area is 129 Å². The Hall–Kier alpha value is -1.36. The van der Waals surface area contributed by atoms with Crippen molar-refractivity contribution < 1.29 is 14.7 Å². The van der Waals surface area contributed by atoms with Gasteiger partial charge >= 0.3 is 0 Å². The molecule has 3 rings (SSSR count). The number of morpholine rings is 1. The Morgan fingerprint density at radius 2 is 2.10 bits per heavy atom. The van der Waals surface area contributed by atoms with Crippen LogP contribution in [0.15, 0.2) is 24.4 Å². The van der Waals surface area contributed by atoms with Gasteiger partial charge in [-0.15, -0.1) is 0 Å². The van der Waals surface area contributed by atoms with E-state index in [1.165, 1.54) is 4.90 Å². The van der Waals surface area contributed by atoms with Crippen LogP contribution in [-0.2, 0) is 11.3 Å². The third-order valence-corrected chi connectivity index (χ3v) is 4.26. The van der Waals surface area contributed by atoms with Gasteiger partial charge in [-0.2, -0.15) is 0 Å². The van der Waals surface area contributed by atoms with Crippen molar-refractivity contribution in [1.29, 1.82) is 0 Å². The lowest BCUT2D eigenvalue weighted by molar-refractivity contribution is -0.928. The minimum atomic E-state index is 0.236. The van der Waals surface area contributed by atoms with Gasteiger partial charge in [0.1, 0.15) is 37.4 Å². The number of phenols is 1. The molecule has 1 aromatic heterocycles. The van der Waals surface area contributed by atoms with Crippen molar-refractivity contribution in [3.05, 3.63) is 35.0 Å². The Kier molecular flexibility index (Phi) is 4.02. The van der Waals surface area contributed by atoms with Crippen molar-refractivity contribution >= 4 is 22.5 Å². The first-order valence-electron chi connectivity index (χ1n) is 7.28. The van der Waals surface area contributed by atoms with Crippen molar-refractivity contribution in [3.63, 3.8) is 0 Å². The number of halogens is 1. The van der Waals surface area contributed by atoms with E-state index in [0.717, 1.165) is 30.6 Å². The molecule has 0 saturated carbocycles. The summed E-state index contributed by atoms with van der Waals surface area (Å²) in [5.41, 5.74) is 1.43. The number of hydrogen-bond acceptors (Lipinski definition) is 3. The summed E-state index contributed by atoms with van der Waals surface area (Å²) in [5.74, 6) is 0.245. The summed E-state index contributed by atoms with van der Waals surface area (Å²) in [5, 5.41) is 11.9. The zero-order chi connectivity index (χ0) is 15.0. The summed E-state index contributed by atoms with van der Waals surface area (Å²) in [7, 11) is 0. The number of aromatic nitrogens is 1. The maximum absolute atomic E-state index is 10.5. The molecule has 1 saturated heterocycles. The molecule has 2 aromatic rings. The molecule has 1 fully saturated rings. The molecule has 2 N–H and O–H groups in total. The molecule has 0 aliphatic carbocycles. The molecule has 0 unspecified atom stereocenters. The Morgan fingerprint density at radius 3 is 2.81 bits per heavy atom. The highest BCUT2D eigenvalue weighted by molar-refractivity contribution is 6.35. The average molecular weight is 308 g/mol. The van der Waals surface area contributed by atoms with E-state index in [9.17, 15) is 5.11 Å². The second-order valence-electron chi connectivity index (χ2n) is 5.86. The highest BCUT2D eigenvalue weighted by Crippen LogP contribution is 2.32. The minimum absolute atomic E-state index is 0.236. The molecular weight excluding hydrogens is 288 g/mol. The number of nitrogens with zero attached hydrogens (tertiary/aromatic N) is 1. The van der Waals surface area contributed by atoms with Crippen LogP contribution < -0.4 is 4.90 Å². The molecule has 0 spiro atoms. The molecule has 112 valence electrons. The number of quaternary nitrogens is 1. The Balaban J connectivity index is 1.92. The van der Waals surface area contributed by atoms with E-state index < -0.39 is 0 Å². The minimum Gasteiger partial charge on any atom is -0.505 e. The van der Waals surface area contributed by atoms with Crippen LogP contribution >= 0.6 is 11.6 Å². The third kappa shape index (κ3) is 2.98. The van der Waals surface area contributed by atoms with Gasteiger partial charge in [-0.1, -0.05) is 11.6 Å². The molecule has 2 heterocycles. The molecule has 0 radical (unpaired) electrons. The summed E-state index contributed by atoms with van der Waals surface area (Å²) in [6.07, 6.45) is 2.15. The van der Waals surface area contributed by atoms with Gasteiger partial charge in [-0.25, -0.2) is 0 Å². The number of phenolic OH excluding ortho intramolecular Hbond substituents is 1. The van der Waals surface area contributed by atoms with Crippen LogP contribution in [0, 0.1) is 0 Å². The molecule has 5 heteroatoms. The van der Waals surface area contributed by atoms with Crippen LogP contribution in [0.4, 0.5) is 0 Å². The lowest BCUT2D eigenvalue weighted by atomic mass is 10.1. The number of fused-ring (bicyclic) bond motifs is 1. The number of rotatable bonds is 2. The van der Waals surface area contributed by atoms with E-state index in [-0.39, 0.29) is 18.0 Å². The van der Waals surface area contributed by atoms with E-state index in [1.54, 1.807) is 6.20 Å². The smallest absolute Gasteiger partial charge is 0.150 e. The van der Waals surface area contributed by atoms with Gasteiger partial charge in [0.05, 0.1) is 10.6 Å². The quantitative estimate of drug-likeness (QED) is 0.889. The molecule has 1 aromatic carbocycles. The van der Waals surface area contributed by atoms with Gasteiger partial charge in [-0.05, 0) is 32.0 Å². The molecule has 4 nitrogen and oxygen atoms in total. The van der Waals surface area contributed by atoms with Gasteiger partial charge in [-0.3, -0.25) is 4.98 Å². The molecule has 0 bridgehead atoms. The lowest BCUT2D eigenvalue weighted by Crippen LogP contribution is -3.14. The second kappa shape index (κ2) is 5.79. The summed E-state index contributed by atoms with van der Waals surface area (Å²) in [6.45, 7) is 6.77. The van der Waals surface area contributed by atoms with Crippen molar-refractivity contribution in [3.8, 4) is 5.75 Å². The topological polar surface area (TPSA) is 46.8 Å². The standard InChI is InChI=1S/C16H19ClN2O2/c1-10-7-19(8-11(2)21-10)9-12-6-14(17)13-4-3-5-18-15(13)16(12)20/h3-6,10-11,20H,7-9H2,1-2H3/p+1/t10-,11-/m1/s1. The van der Waals surface area contributed by atoms with E-state index in [0.29, 0.717) is 10.5 Å². The van der Waals surface area contributed by atoms with Crippen molar-refractivity contribution in [2.45, 2.75) is 32.6 Å². The van der Waals surface area contributed by atoms with Gasteiger partial charge in [0.25, 0.3) is 0 Å². The molecule has 0 amide bonds. The normalized spacial score (nSPS) is 26.1. The number of nitrogens with one attached hydrogen (secondary N) is 1. The largest absolute Gasteiger partial charge is 0.505 e. The fraction of sp³-hybridized carbons (Fsp3) is 0.438. The number of ether oxygens (including phenoxy) is 1. The van der Waals surface area contributed by atoms with Gasteiger partial charge < -0.3 is 14.7 Å². The number of hydrogen-bond donors (Lipinski definition) is 2. The second-order valence-corrected chi connectivity index (χ2v) is 6.27. The van der Waals surface area contributed by atoms with Crippen molar-refractivity contribution in [2.75, 3.05) is 13.1 Å². The van der Waals surface area contributed by atoms with Crippen LogP contribution in [-0.4, -0.2) is 35.4 Å². The summed E-state index contributed by atoms with van der Waals surface area (Å²) in [6, 6.07) is 5.56. The van der Waals surface area contributed by atoms with Gasteiger partial charge in [0.2, 0.25) is 0 Å². The van der Waals surface area contributed by atoms with E-state index in [4.69, 9.17) is 16.3 Å². The number of pyridine rings is 1. The molecule has 1 aliphatic heterocycles. The highest BCUT2D eigenvalue weighted by Gasteiger charge is 2.26. The van der Waals surface area contributed by atoms with Gasteiger partial charge in [0, 0.05) is 11.6 Å². The van der Waals surface area contributed by atoms with Crippen LogP contribution in [0.5, 0.6) is 5.75 Å². The average Bonchev–Trinajstić information content (AvgIpc) is 2.43. The van der Waals surface area contributed by atoms with Crippen LogP contribution in [0.3, 0.4) is 0 Å². The summed E-state index contributed by atoms with van der Waals surface area (Å²) >= 11 is 6.32. The van der Waals surface area contributed by atoms with E-state index in [2.05, 4.69) is 18.8 Å². The monoisotopic (exact) mass is 307 g/mol. The van der Waals surface area contributed by atoms with Crippen molar-refractivity contribution in [2.24, 2.45) is 0 Å². The molecule has 21 heavy (non-hydrogen) atoms. The maximum Gasteiger partial charge on any atom is 0.150 e. The first-order valence-corrected chi connectivity index (χ1v) is 7.66. The highest BCUT2D eigenvalue weighted by atomic mass is 35.5. The van der Waals surface area contributed by atoms with Gasteiger partial charge in [0.15, 0.2) is 5.75 Å². The summed E-state index contributed by atoms with van der Waals surface area (Å²) in [4.78, 5) is 5.65. The van der Waals surface area contributed by atoms with E-state index >= 15 is 0 Å². The maximum atomic E-state index is 10.5. The third-order valence-electron chi connectivity index (χ3n) is 3.95. The molecule has 2 atom stereocenters. The number of aromatic hydroxyl groups is 1. The fourth-order valence-electron chi connectivity index (χ4n) is 3.18. The molecule has 1 aliphatic rings. The van der Waals surface area contributed by atoms with Crippen molar-refractivity contribution in [1.82, 2.24) is 4.98 Å². The van der Waals surface area contributed by atoms with Crippen LogP contribution in [0.25, 0.3) is 10.9 Å². The zero-order valence-electron chi connectivity index (χ0n) is 12.3. The van der Waals surface area contributed by atoms with Crippen LogP contribution in [0.2, 0.25) is 5.02 Å².